The van der Waals surface area contributed by atoms with Crippen LogP contribution in [0.15, 0.2) is 0 Å². The van der Waals surface area contributed by atoms with Crippen molar-refractivity contribution in [1.82, 2.24) is 0 Å². The van der Waals surface area contributed by atoms with Crippen molar-refractivity contribution in [2.45, 2.75) is 31.2 Å². The first-order valence-electron chi connectivity index (χ1n) is 3.02. The molecule has 2 N–H and O–H groups in total. The molecule has 0 heterocycles. The second kappa shape index (κ2) is 4.90. The number of nitrogens with two attached hydrogens (primary N) is 1. The van der Waals surface area contributed by atoms with Gasteiger partial charge in [0.15, 0.2) is 0 Å². The normalized spacial score (nSPS) is 15.0. The quantitative estimate of drug-likeness (QED) is 0.727. The predicted octanol–water partition coefficient (Wildman–Crippen LogP) is 2.64. The third-order valence-electron chi connectivity index (χ3n) is 1.16. The number of rotatable bonds is 2. The predicted molar refractivity (Wildman–Crippen MR) is 36.6 cm³/mol. The maximum absolute atomic E-state index is 11.5. The van der Waals surface area contributed by atoms with Crippen LogP contribution in [0.3, 0.4) is 0 Å². The topological polar surface area (TPSA) is 26.0 Å². The van der Waals surface area contributed by atoms with Crippen molar-refractivity contribution in [2.24, 2.45) is 5.73 Å². The molecule has 0 unspecified atom stereocenters. The lowest BCUT2D eigenvalue weighted by molar-refractivity contribution is -0.166. The van der Waals surface area contributed by atoms with Gasteiger partial charge in [-0.15, -0.1) is 12.4 Å². The fourth-order valence-electron chi connectivity index (χ4n) is 0.483. The Labute approximate surface area is 76.7 Å². The van der Waals surface area contributed by atoms with E-state index in [1.54, 1.807) is 0 Å². The summed E-state index contributed by atoms with van der Waals surface area (Å²) in [5.74, 6) is 0. The fourth-order valence-corrected chi connectivity index (χ4v) is 0.483. The van der Waals surface area contributed by atoms with Crippen LogP contribution in [0.1, 0.15) is 12.8 Å². The first-order chi connectivity index (χ1) is 5.13. The molecule has 0 aromatic carbocycles. The lowest BCUT2D eigenvalue weighted by Gasteiger charge is -2.15. The summed E-state index contributed by atoms with van der Waals surface area (Å²) in [6.07, 6.45) is -11.9. The molecule has 0 aliphatic rings. The van der Waals surface area contributed by atoms with Gasteiger partial charge in [-0.2, -0.15) is 26.3 Å². The van der Waals surface area contributed by atoms with Crippen LogP contribution < -0.4 is 5.73 Å². The Bertz CT molecular complexity index is 141. The summed E-state index contributed by atoms with van der Waals surface area (Å²) in [7, 11) is 0. The van der Waals surface area contributed by atoms with Crippen LogP contribution in [0.25, 0.3) is 0 Å². The molecule has 0 amide bonds. The zero-order valence-electron chi connectivity index (χ0n) is 6.24. The molecule has 82 valence electrons. The second-order valence-electron chi connectivity index (χ2n) is 2.30. The number of alkyl halides is 6. The van der Waals surface area contributed by atoms with Gasteiger partial charge in [-0.05, 0) is 6.42 Å². The largest absolute Gasteiger partial charge is 0.403 e. The Morgan fingerprint density at radius 3 is 1.62 bits per heavy atom. The van der Waals surface area contributed by atoms with E-state index in [9.17, 15) is 26.3 Å². The second-order valence-corrected chi connectivity index (χ2v) is 2.30. The smallest absolute Gasteiger partial charge is 0.320 e. The highest BCUT2D eigenvalue weighted by atomic mass is 35.5. The van der Waals surface area contributed by atoms with E-state index < -0.39 is 31.2 Å². The highest BCUT2D eigenvalue weighted by Gasteiger charge is 2.39. The molecular weight excluding hydrogens is 224 g/mol. The molecule has 0 aromatic rings. The molecule has 1 atom stereocenters. The minimum absolute atomic E-state index is 0. The number of hydrogen-bond donors (Lipinski definition) is 1. The highest BCUT2D eigenvalue weighted by molar-refractivity contribution is 5.85. The molecule has 0 radical (unpaired) electrons. The number of halogens is 7. The van der Waals surface area contributed by atoms with E-state index in [1.807, 2.05) is 0 Å². The monoisotopic (exact) mass is 231 g/mol. The number of hydrogen-bond acceptors (Lipinski definition) is 1. The van der Waals surface area contributed by atoms with Crippen molar-refractivity contribution in [2.75, 3.05) is 0 Å². The summed E-state index contributed by atoms with van der Waals surface area (Å²) in [6.45, 7) is 0. The summed E-state index contributed by atoms with van der Waals surface area (Å²) in [6, 6.07) is -2.39. The van der Waals surface area contributed by atoms with Crippen LogP contribution in [0.4, 0.5) is 26.3 Å². The molecule has 0 spiro atoms. The van der Waals surface area contributed by atoms with Crippen molar-refractivity contribution >= 4 is 12.4 Å². The van der Waals surface area contributed by atoms with Gasteiger partial charge in [-0.25, -0.2) is 0 Å². The first-order valence-corrected chi connectivity index (χ1v) is 3.02. The molecule has 0 saturated carbocycles. The van der Waals surface area contributed by atoms with E-state index in [1.165, 1.54) is 0 Å². The first kappa shape index (κ1) is 15.3. The molecule has 0 rings (SSSR count). The van der Waals surface area contributed by atoms with E-state index in [2.05, 4.69) is 5.73 Å². The summed E-state index contributed by atoms with van der Waals surface area (Å²) >= 11 is 0. The van der Waals surface area contributed by atoms with Gasteiger partial charge < -0.3 is 5.73 Å². The zero-order chi connectivity index (χ0) is 9.99. The fraction of sp³-hybridized carbons (Fsp3) is 1.00. The Balaban J connectivity index is 0. The molecule has 8 heteroatoms. The van der Waals surface area contributed by atoms with Crippen molar-refractivity contribution in [3.63, 3.8) is 0 Å². The molecule has 0 aromatic heterocycles. The van der Waals surface area contributed by atoms with Gasteiger partial charge in [0.1, 0.15) is 6.04 Å². The van der Waals surface area contributed by atoms with Crippen LogP contribution in [-0.4, -0.2) is 18.4 Å². The zero-order valence-corrected chi connectivity index (χ0v) is 7.06. The Morgan fingerprint density at radius 1 is 1.00 bits per heavy atom. The van der Waals surface area contributed by atoms with Gasteiger partial charge in [0.25, 0.3) is 0 Å². The van der Waals surface area contributed by atoms with Gasteiger partial charge in [0.05, 0.1) is 0 Å². The minimum Gasteiger partial charge on any atom is -0.320 e. The molecule has 0 aliphatic carbocycles. The molecular formula is C5H8ClF6N. The maximum atomic E-state index is 11.5. The average molecular weight is 232 g/mol. The molecule has 0 fully saturated rings. The van der Waals surface area contributed by atoms with E-state index in [4.69, 9.17) is 0 Å². The molecule has 0 saturated heterocycles. The lowest BCUT2D eigenvalue weighted by atomic mass is 10.1. The minimum atomic E-state index is -4.74. The Hall–Kier alpha value is -0.170. The average Bonchev–Trinajstić information content (AvgIpc) is 1.78. The van der Waals surface area contributed by atoms with Crippen molar-refractivity contribution in [3.05, 3.63) is 0 Å². The van der Waals surface area contributed by atoms with Gasteiger partial charge in [-0.3, -0.25) is 0 Å². The standard InChI is InChI=1S/C5H7F6N.ClH/c6-4(7,8)2-1-3(12)5(9,10)11;/h3H,1-2,12H2;1H/t3-;/m0./s1. The van der Waals surface area contributed by atoms with Crippen LogP contribution in [0.2, 0.25) is 0 Å². The van der Waals surface area contributed by atoms with Gasteiger partial charge in [-0.1, -0.05) is 0 Å². The van der Waals surface area contributed by atoms with E-state index in [0.29, 0.717) is 0 Å². The third-order valence-corrected chi connectivity index (χ3v) is 1.16. The van der Waals surface area contributed by atoms with Gasteiger partial charge >= 0.3 is 12.4 Å². The summed E-state index contributed by atoms with van der Waals surface area (Å²) in [5, 5.41) is 0. The van der Waals surface area contributed by atoms with Crippen LogP contribution in [0, 0.1) is 0 Å². The van der Waals surface area contributed by atoms with Crippen molar-refractivity contribution < 1.29 is 26.3 Å². The summed E-state index contributed by atoms with van der Waals surface area (Å²) < 4.78 is 68.7. The molecule has 0 aliphatic heterocycles. The van der Waals surface area contributed by atoms with Gasteiger partial charge in [0, 0.05) is 6.42 Å². The van der Waals surface area contributed by atoms with E-state index in [0.717, 1.165) is 0 Å². The highest BCUT2D eigenvalue weighted by Crippen LogP contribution is 2.27. The van der Waals surface area contributed by atoms with Crippen molar-refractivity contribution in [3.8, 4) is 0 Å². The Morgan fingerprint density at radius 2 is 1.38 bits per heavy atom. The summed E-state index contributed by atoms with van der Waals surface area (Å²) in [4.78, 5) is 0. The molecule has 0 bridgehead atoms. The van der Waals surface area contributed by atoms with E-state index >= 15 is 0 Å². The van der Waals surface area contributed by atoms with Crippen LogP contribution in [0.5, 0.6) is 0 Å². The van der Waals surface area contributed by atoms with Crippen LogP contribution in [-0.2, 0) is 0 Å². The van der Waals surface area contributed by atoms with Gasteiger partial charge in [0.2, 0.25) is 0 Å². The van der Waals surface area contributed by atoms with E-state index in [-0.39, 0.29) is 12.4 Å². The Kier molecular flexibility index (Phi) is 5.77. The van der Waals surface area contributed by atoms with Crippen LogP contribution >= 0.6 is 12.4 Å². The van der Waals surface area contributed by atoms with Crippen molar-refractivity contribution in [1.29, 1.82) is 0 Å². The maximum Gasteiger partial charge on any atom is 0.403 e. The molecule has 1 nitrogen and oxygen atoms in total. The summed E-state index contributed by atoms with van der Waals surface area (Å²) in [5.41, 5.74) is 4.43. The molecule has 13 heavy (non-hydrogen) atoms. The lowest BCUT2D eigenvalue weighted by Crippen LogP contribution is -2.38. The SMILES string of the molecule is Cl.N[C@@H](CCC(F)(F)F)C(F)(F)F. The third kappa shape index (κ3) is 8.17.